The molecule has 2 amide bonds. The third-order valence-electron chi connectivity index (χ3n) is 5.65. The molecule has 2 aromatic rings. The summed E-state index contributed by atoms with van der Waals surface area (Å²) in [7, 11) is 0. The minimum absolute atomic E-state index is 0.211. The molecule has 3 aliphatic rings. The van der Waals surface area contributed by atoms with Crippen molar-refractivity contribution in [1.82, 2.24) is 5.16 Å². The highest BCUT2D eigenvalue weighted by Crippen LogP contribution is 2.52. The number of hydrogen-bond donors (Lipinski definition) is 1. The second-order valence-corrected chi connectivity index (χ2v) is 7.68. The Morgan fingerprint density at radius 1 is 1.32 bits per heavy atom. The predicted octanol–water partition coefficient (Wildman–Crippen LogP) is 2.81. The molecule has 11 heteroatoms. The van der Waals surface area contributed by atoms with E-state index in [4.69, 9.17) is 9.26 Å². The van der Waals surface area contributed by atoms with Crippen molar-refractivity contribution in [2.24, 2.45) is 11.8 Å². The molecule has 0 radical (unpaired) electrons. The van der Waals surface area contributed by atoms with E-state index in [0.717, 1.165) is 12.1 Å². The van der Waals surface area contributed by atoms with Crippen molar-refractivity contribution >= 4 is 23.3 Å². The zero-order chi connectivity index (χ0) is 22.0. The molecule has 162 valence electrons. The van der Waals surface area contributed by atoms with Crippen LogP contribution in [0.4, 0.5) is 24.7 Å². The molecule has 8 nitrogen and oxygen atoms in total. The van der Waals surface area contributed by atoms with Gasteiger partial charge in [-0.05, 0) is 31.2 Å². The van der Waals surface area contributed by atoms with Crippen LogP contribution in [0.5, 0.6) is 5.75 Å². The van der Waals surface area contributed by atoms with Crippen molar-refractivity contribution in [3.05, 3.63) is 48.2 Å². The molecule has 1 N–H and O–H groups in total. The topological polar surface area (TPSA) is 93.9 Å². The molecule has 0 aliphatic carbocycles. The largest absolute Gasteiger partial charge is 0.573 e. The molecule has 31 heavy (non-hydrogen) atoms. The number of halogens is 3. The summed E-state index contributed by atoms with van der Waals surface area (Å²) in [6, 6.07) is 6.40. The first-order valence-electron chi connectivity index (χ1n) is 9.44. The molecule has 4 atom stereocenters. The summed E-state index contributed by atoms with van der Waals surface area (Å²) in [6.45, 7) is 1.92. The molecule has 0 unspecified atom stereocenters. The van der Waals surface area contributed by atoms with Gasteiger partial charge in [-0.1, -0.05) is 17.3 Å². The van der Waals surface area contributed by atoms with Crippen molar-refractivity contribution in [3.8, 4) is 5.75 Å². The molecule has 2 fully saturated rings. The second-order valence-electron chi connectivity index (χ2n) is 7.68. The van der Waals surface area contributed by atoms with Crippen molar-refractivity contribution in [1.29, 1.82) is 0 Å². The van der Waals surface area contributed by atoms with Crippen LogP contribution in [0.15, 0.2) is 47.0 Å². The standard InChI is InChI=1S/C20H16F3N3O5/c1-10-8-14(25-31-10)26-9-19-7-6-13(30-19)15(16(19)18(26)28)17(27)24-11-2-4-12(5-3-11)29-20(21,22)23/h2-8,13,15-16H,9H2,1H3,(H,24,27)/t13-,15+,16-,19-/m1/s1. The van der Waals surface area contributed by atoms with Gasteiger partial charge in [0.05, 0.1) is 24.5 Å². The summed E-state index contributed by atoms with van der Waals surface area (Å²) in [5.41, 5.74) is -0.657. The number of aryl methyl sites for hydroxylation is 1. The Balaban J connectivity index is 1.34. The fourth-order valence-corrected chi connectivity index (χ4v) is 4.44. The van der Waals surface area contributed by atoms with Gasteiger partial charge in [0.25, 0.3) is 0 Å². The van der Waals surface area contributed by atoms with Gasteiger partial charge < -0.3 is 19.3 Å². The fraction of sp³-hybridized carbons (Fsp3) is 0.350. The van der Waals surface area contributed by atoms with Gasteiger partial charge in [-0.3, -0.25) is 14.5 Å². The Hall–Kier alpha value is -3.34. The van der Waals surface area contributed by atoms with Gasteiger partial charge in [0, 0.05) is 11.8 Å². The van der Waals surface area contributed by atoms with Gasteiger partial charge >= 0.3 is 6.36 Å². The maximum absolute atomic E-state index is 13.2. The highest BCUT2D eigenvalue weighted by Gasteiger charge is 2.67. The van der Waals surface area contributed by atoms with Gasteiger partial charge in [-0.15, -0.1) is 13.2 Å². The summed E-state index contributed by atoms with van der Waals surface area (Å²) in [5, 5.41) is 6.54. The molecule has 4 heterocycles. The van der Waals surface area contributed by atoms with Crippen LogP contribution < -0.4 is 15.0 Å². The van der Waals surface area contributed by atoms with E-state index in [-0.39, 0.29) is 18.1 Å². The Bertz CT molecular complexity index is 1080. The number of rotatable bonds is 4. The van der Waals surface area contributed by atoms with Gasteiger partial charge in [-0.25, -0.2) is 0 Å². The molecule has 3 aliphatic heterocycles. The Morgan fingerprint density at radius 2 is 2.06 bits per heavy atom. The lowest BCUT2D eigenvalue weighted by Crippen LogP contribution is -2.41. The van der Waals surface area contributed by atoms with E-state index in [2.05, 4.69) is 15.2 Å². The van der Waals surface area contributed by atoms with Gasteiger partial charge in [-0.2, -0.15) is 0 Å². The minimum Gasteiger partial charge on any atom is -0.406 e. The lowest BCUT2D eigenvalue weighted by atomic mass is 9.77. The predicted molar refractivity (Wildman–Crippen MR) is 99.1 cm³/mol. The van der Waals surface area contributed by atoms with Crippen LogP contribution in [-0.4, -0.2) is 41.6 Å². The number of nitrogens with zero attached hydrogens (tertiary/aromatic N) is 2. The Kier molecular flexibility index (Phi) is 4.16. The van der Waals surface area contributed by atoms with Crippen molar-refractivity contribution in [2.75, 3.05) is 16.8 Å². The number of carbonyl (C=O) groups is 2. The quantitative estimate of drug-likeness (QED) is 0.743. The normalized spacial score (nSPS) is 28.8. The smallest absolute Gasteiger partial charge is 0.406 e. The van der Waals surface area contributed by atoms with E-state index in [9.17, 15) is 22.8 Å². The van der Waals surface area contributed by atoms with E-state index < -0.39 is 41.6 Å². The van der Waals surface area contributed by atoms with E-state index in [1.54, 1.807) is 25.1 Å². The number of hydrogen-bond acceptors (Lipinski definition) is 6. The molecule has 0 saturated carbocycles. The van der Waals surface area contributed by atoms with E-state index in [1.165, 1.54) is 17.0 Å². The molecular formula is C20H16F3N3O5. The molecule has 1 aromatic carbocycles. The van der Waals surface area contributed by atoms with Crippen LogP contribution in [0.25, 0.3) is 0 Å². The second kappa shape index (κ2) is 6.58. The number of anilines is 2. The monoisotopic (exact) mass is 435 g/mol. The molecule has 2 bridgehead atoms. The van der Waals surface area contributed by atoms with E-state index in [1.807, 2.05) is 0 Å². The summed E-state index contributed by atoms with van der Waals surface area (Å²) in [4.78, 5) is 27.6. The maximum atomic E-state index is 13.2. The average Bonchev–Trinajstić information content (AvgIpc) is 3.43. The average molecular weight is 435 g/mol. The van der Waals surface area contributed by atoms with Crippen molar-refractivity contribution in [2.45, 2.75) is 25.0 Å². The highest BCUT2D eigenvalue weighted by molar-refractivity contribution is 6.05. The number of benzene rings is 1. The fourth-order valence-electron chi connectivity index (χ4n) is 4.44. The van der Waals surface area contributed by atoms with Crippen LogP contribution in [0.1, 0.15) is 5.76 Å². The summed E-state index contributed by atoms with van der Waals surface area (Å²) in [6.07, 6.45) is -1.81. The molecule has 1 spiro atoms. The summed E-state index contributed by atoms with van der Waals surface area (Å²) in [5.74, 6) is -1.79. The third kappa shape index (κ3) is 3.25. The zero-order valence-corrected chi connectivity index (χ0v) is 16.1. The first kappa shape index (κ1) is 19.6. The van der Waals surface area contributed by atoms with E-state index in [0.29, 0.717) is 11.6 Å². The first-order chi connectivity index (χ1) is 14.7. The van der Waals surface area contributed by atoms with Crippen LogP contribution in [0, 0.1) is 18.8 Å². The Labute approximate surface area is 173 Å². The first-order valence-corrected chi connectivity index (χ1v) is 9.44. The summed E-state index contributed by atoms with van der Waals surface area (Å²) >= 11 is 0. The number of nitrogens with one attached hydrogen (secondary N) is 1. The minimum atomic E-state index is -4.80. The SMILES string of the molecule is Cc1cc(N2C[C@@]34C=C[C@@H](O3)[C@H](C(=O)Nc3ccc(OC(F)(F)F)cc3)[C@@H]4C2=O)no1. The maximum Gasteiger partial charge on any atom is 0.573 e. The van der Waals surface area contributed by atoms with Crippen LogP contribution in [-0.2, 0) is 14.3 Å². The van der Waals surface area contributed by atoms with Gasteiger partial charge in [0.1, 0.15) is 17.1 Å². The number of alkyl halides is 3. The Morgan fingerprint density at radius 3 is 2.71 bits per heavy atom. The van der Waals surface area contributed by atoms with Gasteiger partial charge in [0.15, 0.2) is 5.82 Å². The van der Waals surface area contributed by atoms with Crippen molar-refractivity contribution in [3.63, 3.8) is 0 Å². The number of carbonyl (C=O) groups excluding carboxylic acids is 2. The van der Waals surface area contributed by atoms with Crippen molar-refractivity contribution < 1.29 is 36.8 Å². The van der Waals surface area contributed by atoms with Crippen LogP contribution in [0.2, 0.25) is 0 Å². The number of aromatic nitrogens is 1. The molecule has 5 rings (SSSR count). The highest BCUT2D eigenvalue weighted by atomic mass is 19.4. The molecular weight excluding hydrogens is 419 g/mol. The summed E-state index contributed by atoms with van der Waals surface area (Å²) < 4.78 is 51.8. The number of amides is 2. The van der Waals surface area contributed by atoms with Crippen LogP contribution in [0.3, 0.4) is 0 Å². The lowest BCUT2D eigenvalue weighted by molar-refractivity contribution is -0.274. The van der Waals surface area contributed by atoms with Gasteiger partial charge in [0.2, 0.25) is 11.8 Å². The molecule has 1 aromatic heterocycles. The molecule has 2 saturated heterocycles. The number of ether oxygens (including phenoxy) is 2. The zero-order valence-electron chi connectivity index (χ0n) is 16.1. The van der Waals surface area contributed by atoms with Crippen LogP contribution >= 0.6 is 0 Å². The third-order valence-corrected chi connectivity index (χ3v) is 5.65. The number of fused-ring (bicyclic) bond motifs is 1. The van der Waals surface area contributed by atoms with E-state index >= 15 is 0 Å². The lowest BCUT2D eigenvalue weighted by Gasteiger charge is -2.23.